The van der Waals surface area contributed by atoms with E-state index >= 15 is 0 Å². The summed E-state index contributed by atoms with van der Waals surface area (Å²) >= 11 is 0. The first-order valence-electron chi connectivity index (χ1n) is 8.11. The number of urea groups is 1. The van der Waals surface area contributed by atoms with Crippen molar-refractivity contribution in [2.45, 2.75) is 19.6 Å². The Morgan fingerprint density at radius 1 is 1.11 bits per heavy atom. The maximum atomic E-state index is 12.7. The van der Waals surface area contributed by atoms with Gasteiger partial charge in [0.25, 0.3) is 11.6 Å². The van der Waals surface area contributed by atoms with Gasteiger partial charge in [-0.15, -0.1) is 0 Å². The second-order valence-corrected chi connectivity index (χ2v) is 6.29. The van der Waals surface area contributed by atoms with Crippen LogP contribution in [0.25, 0.3) is 0 Å². The quantitative estimate of drug-likeness (QED) is 0.448. The van der Waals surface area contributed by atoms with E-state index in [-0.39, 0.29) is 24.5 Å². The van der Waals surface area contributed by atoms with Crippen molar-refractivity contribution >= 4 is 23.3 Å². The fraction of sp³-hybridized carbons (Fsp3) is 0.222. The second kappa shape index (κ2) is 6.95. The van der Waals surface area contributed by atoms with Crippen LogP contribution in [0.4, 0.5) is 29.3 Å². The third-order valence-electron chi connectivity index (χ3n) is 4.32. The summed E-state index contributed by atoms with van der Waals surface area (Å²) in [6.45, 7) is 1.36. The van der Waals surface area contributed by atoms with E-state index in [2.05, 4.69) is 0 Å². The summed E-state index contributed by atoms with van der Waals surface area (Å²) < 4.78 is 38.0. The van der Waals surface area contributed by atoms with E-state index in [1.54, 1.807) is 13.0 Å². The average molecular weight is 393 g/mol. The minimum atomic E-state index is -4.52. The zero-order valence-electron chi connectivity index (χ0n) is 14.6. The van der Waals surface area contributed by atoms with Crippen molar-refractivity contribution < 1.29 is 27.7 Å². The van der Waals surface area contributed by atoms with Gasteiger partial charge in [0.05, 0.1) is 16.2 Å². The number of benzene rings is 2. The molecule has 0 bridgehead atoms. The third kappa shape index (κ3) is 3.66. The number of imide groups is 1. The predicted molar refractivity (Wildman–Crippen MR) is 92.6 cm³/mol. The summed E-state index contributed by atoms with van der Waals surface area (Å²) in [5.74, 6) is -0.566. The van der Waals surface area contributed by atoms with Gasteiger partial charge < -0.3 is 4.90 Å². The van der Waals surface area contributed by atoms with Gasteiger partial charge in [-0.1, -0.05) is 6.07 Å². The minimum absolute atomic E-state index is 0.0422. The van der Waals surface area contributed by atoms with Crippen LogP contribution in [-0.2, 0) is 17.5 Å². The minimum Gasteiger partial charge on any atom is -0.310 e. The largest absolute Gasteiger partial charge is 0.416 e. The lowest BCUT2D eigenvalue weighted by Gasteiger charge is -2.18. The Bertz CT molecular complexity index is 958. The van der Waals surface area contributed by atoms with Crippen molar-refractivity contribution in [2.75, 3.05) is 11.4 Å². The molecule has 28 heavy (non-hydrogen) atoms. The summed E-state index contributed by atoms with van der Waals surface area (Å²) in [5.41, 5.74) is 0.122. The molecule has 0 saturated carbocycles. The summed E-state index contributed by atoms with van der Waals surface area (Å²) in [6, 6.07) is 7.44. The van der Waals surface area contributed by atoms with E-state index in [4.69, 9.17) is 0 Å². The van der Waals surface area contributed by atoms with Gasteiger partial charge in [0.1, 0.15) is 6.54 Å². The standard InChI is InChI=1S/C18H14F3N3O4/c1-11-8-12(2-7-15(11)24(27)28)9-22-10-16(25)23(17(22)26)14-5-3-13(4-6-14)18(19,20)21/h2-8H,9-10H2,1H3. The fourth-order valence-corrected chi connectivity index (χ4v) is 2.97. The molecule has 7 nitrogen and oxygen atoms in total. The van der Waals surface area contributed by atoms with Crippen molar-refractivity contribution in [3.05, 3.63) is 69.3 Å². The molecule has 0 aliphatic carbocycles. The third-order valence-corrected chi connectivity index (χ3v) is 4.32. The summed E-state index contributed by atoms with van der Waals surface area (Å²) in [5, 5.41) is 10.9. The van der Waals surface area contributed by atoms with Gasteiger partial charge in [-0.25, -0.2) is 9.69 Å². The molecular weight excluding hydrogens is 379 g/mol. The molecule has 10 heteroatoms. The van der Waals surface area contributed by atoms with E-state index in [0.717, 1.165) is 29.2 Å². The molecular formula is C18H14F3N3O4. The van der Waals surface area contributed by atoms with Gasteiger partial charge in [-0.2, -0.15) is 13.2 Å². The Balaban J connectivity index is 1.78. The lowest BCUT2D eigenvalue weighted by molar-refractivity contribution is -0.385. The number of carbonyl (C=O) groups is 2. The van der Waals surface area contributed by atoms with Crippen LogP contribution < -0.4 is 4.90 Å². The molecule has 1 saturated heterocycles. The smallest absolute Gasteiger partial charge is 0.310 e. The van der Waals surface area contributed by atoms with Crippen LogP contribution >= 0.6 is 0 Å². The van der Waals surface area contributed by atoms with Gasteiger partial charge >= 0.3 is 12.2 Å². The summed E-state index contributed by atoms with van der Waals surface area (Å²) in [4.78, 5) is 37.2. The monoisotopic (exact) mass is 393 g/mol. The Morgan fingerprint density at radius 3 is 2.29 bits per heavy atom. The molecule has 1 heterocycles. The number of nitro groups is 1. The number of aryl methyl sites for hydroxylation is 1. The number of amides is 3. The van der Waals surface area contributed by atoms with Crippen molar-refractivity contribution in [3.63, 3.8) is 0 Å². The molecule has 2 aromatic carbocycles. The molecule has 3 amide bonds. The van der Waals surface area contributed by atoms with Crippen LogP contribution in [-0.4, -0.2) is 28.3 Å². The highest BCUT2D eigenvalue weighted by Crippen LogP contribution is 2.31. The number of anilines is 1. The van der Waals surface area contributed by atoms with Crippen molar-refractivity contribution in [1.82, 2.24) is 4.90 Å². The average Bonchev–Trinajstić information content (AvgIpc) is 2.87. The highest BCUT2D eigenvalue weighted by atomic mass is 19.4. The Labute approximate surface area is 157 Å². The number of hydrogen-bond acceptors (Lipinski definition) is 4. The molecule has 0 spiro atoms. The summed E-state index contributed by atoms with van der Waals surface area (Å²) in [7, 11) is 0. The SMILES string of the molecule is Cc1cc(CN2CC(=O)N(c3ccc(C(F)(F)F)cc3)C2=O)ccc1[N+](=O)[O-]. The summed E-state index contributed by atoms with van der Waals surface area (Å²) in [6.07, 6.45) is -4.52. The first-order chi connectivity index (χ1) is 13.1. The molecule has 2 aromatic rings. The van der Waals surface area contributed by atoms with Gasteiger partial charge in [-0.3, -0.25) is 14.9 Å². The normalized spacial score (nSPS) is 14.7. The molecule has 0 N–H and O–H groups in total. The molecule has 0 aromatic heterocycles. The molecule has 0 radical (unpaired) electrons. The molecule has 3 rings (SSSR count). The highest BCUT2D eigenvalue weighted by molar-refractivity contribution is 6.19. The van der Waals surface area contributed by atoms with Crippen LogP contribution in [0.3, 0.4) is 0 Å². The van der Waals surface area contributed by atoms with E-state index in [1.807, 2.05) is 0 Å². The number of hydrogen-bond donors (Lipinski definition) is 0. The van der Waals surface area contributed by atoms with Crippen LogP contribution in [0.2, 0.25) is 0 Å². The van der Waals surface area contributed by atoms with Gasteiger partial charge in [0.15, 0.2) is 0 Å². The number of rotatable bonds is 4. The lowest BCUT2D eigenvalue weighted by Crippen LogP contribution is -2.32. The van der Waals surface area contributed by atoms with Gasteiger partial charge in [-0.05, 0) is 42.8 Å². The maximum Gasteiger partial charge on any atom is 0.416 e. The number of alkyl halides is 3. The molecule has 1 aliphatic rings. The topological polar surface area (TPSA) is 83.8 Å². The van der Waals surface area contributed by atoms with Gasteiger partial charge in [0.2, 0.25) is 0 Å². The Morgan fingerprint density at radius 2 is 1.75 bits per heavy atom. The highest BCUT2D eigenvalue weighted by Gasteiger charge is 2.38. The van der Waals surface area contributed by atoms with Crippen molar-refractivity contribution in [3.8, 4) is 0 Å². The zero-order valence-corrected chi connectivity index (χ0v) is 14.6. The number of nitro benzene ring substituents is 1. The van der Waals surface area contributed by atoms with Crippen molar-refractivity contribution in [1.29, 1.82) is 0 Å². The Hall–Kier alpha value is -3.43. The second-order valence-electron chi connectivity index (χ2n) is 6.29. The van der Waals surface area contributed by atoms with Crippen molar-refractivity contribution in [2.24, 2.45) is 0 Å². The lowest BCUT2D eigenvalue weighted by atomic mass is 10.1. The molecule has 1 aliphatic heterocycles. The molecule has 0 unspecified atom stereocenters. The maximum absolute atomic E-state index is 12.7. The number of carbonyl (C=O) groups excluding carboxylic acids is 2. The predicted octanol–water partition coefficient (Wildman–Crippen LogP) is 3.89. The molecule has 146 valence electrons. The van der Waals surface area contributed by atoms with Gasteiger partial charge in [0, 0.05) is 18.2 Å². The fourth-order valence-electron chi connectivity index (χ4n) is 2.97. The van der Waals surface area contributed by atoms with E-state index in [1.165, 1.54) is 17.0 Å². The Kier molecular flexibility index (Phi) is 4.80. The van der Waals surface area contributed by atoms with Crippen LogP contribution in [0, 0.1) is 17.0 Å². The van der Waals surface area contributed by atoms with E-state index in [0.29, 0.717) is 11.1 Å². The number of nitrogens with zero attached hydrogens (tertiary/aromatic N) is 3. The number of halogens is 3. The molecule has 1 fully saturated rings. The zero-order chi connectivity index (χ0) is 20.6. The van der Waals surface area contributed by atoms with Crippen LogP contribution in [0.5, 0.6) is 0 Å². The van der Waals surface area contributed by atoms with Crippen LogP contribution in [0.1, 0.15) is 16.7 Å². The van der Waals surface area contributed by atoms with E-state index in [9.17, 15) is 32.9 Å². The first kappa shape index (κ1) is 19.3. The molecule has 0 atom stereocenters. The van der Waals surface area contributed by atoms with E-state index < -0.39 is 28.6 Å². The van der Waals surface area contributed by atoms with Crippen LogP contribution in [0.15, 0.2) is 42.5 Å². The first-order valence-corrected chi connectivity index (χ1v) is 8.11.